The molecule has 0 spiro atoms. The summed E-state index contributed by atoms with van der Waals surface area (Å²) in [5, 5.41) is 4.26. The molecule has 1 aliphatic carbocycles. The Balaban J connectivity index is 1.54. The van der Waals surface area contributed by atoms with Crippen molar-refractivity contribution in [2.75, 3.05) is 13.1 Å². The fourth-order valence-electron chi connectivity index (χ4n) is 4.43. The highest BCUT2D eigenvalue weighted by Gasteiger charge is 2.54. The normalized spacial score (nSPS) is 25.1. The van der Waals surface area contributed by atoms with Crippen LogP contribution in [-0.4, -0.2) is 34.0 Å². The largest absolute Gasteiger partial charge is 0.341 e. The van der Waals surface area contributed by atoms with Gasteiger partial charge in [-0.1, -0.05) is 43.6 Å². The van der Waals surface area contributed by atoms with Gasteiger partial charge in [0.25, 0.3) is 0 Å². The molecule has 1 aromatic heterocycles. The van der Waals surface area contributed by atoms with Gasteiger partial charge in [-0.3, -0.25) is 4.79 Å². The quantitative estimate of drug-likeness (QED) is 0.841. The number of fused-ring (bicyclic) bond motifs is 1. The highest BCUT2D eigenvalue weighted by molar-refractivity contribution is 5.79. The molecular formula is C20H24FN3O2. The van der Waals surface area contributed by atoms with E-state index in [0.29, 0.717) is 30.5 Å². The molecular weight excluding hydrogens is 333 g/mol. The Morgan fingerprint density at radius 1 is 1.42 bits per heavy atom. The van der Waals surface area contributed by atoms with Gasteiger partial charge < -0.3 is 9.42 Å². The molecule has 0 N–H and O–H groups in total. The van der Waals surface area contributed by atoms with Crippen LogP contribution in [0.2, 0.25) is 0 Å². The van der Waals surface area contributed by atoms with Gasteiger partial charge in [0, 0.05) is 19.0 Å². The van der Waals surface area contributed by atoms with Gasteiger partial charge in [-0.2, -0.15) is 4.98 Å². The van der Waals surface area contributed by atoms with Crippen molar-refractivity contribution in [2.24, 2.45) is 5.92 Å². The molecule has 1 amide bonds. The van der Waals surface area contributed by atoms with Crippen molar-refractivity contribution < 1.29 is 13.7 Å². The van der Waals surface area contributed by atoms with Crippen LogP contribution in [0.4, 0.5) is 4.39 Å². The van der Waals surface area contributed by atoms with Crippen molar-refractivity contribution in [3.8, 4) is 0 Å². The third-order valence-corrected chi connectivity index (χ3v) is 5.90. The molecule has 0 bridgehead atoms. The summed E-state index contributed by atoms with van der Waals surface area (Å²) in [7, 11) is 0. The summed E-state index contributed by atoms with van der Waals surface area (Å²) in [5.74, 6) is 1.57. The third kappa shape index (κ3) is 2.81. The van der Waals surface area contributed by atoms with E-state index in [1.165, 1.54) is 6.07 Å². The monoisotopic (exact) mass is 357 g/mol. The van der Waals surface area contributed by atoms with Crippen molar-refractivity contribution in [3.05, 3.63) is 47.4 Å². The van der Waals surface area contributed by atoms with Crippen molar-refractivity contribution >= 4 is 5.91 Å². The Hall–Kier alpha value is -2.24. The predicted octanol–water partition coefficient (Wildman–Crippen LogP) is 3.45. The van der Waals surface area contributed by atoms with Crippen LogP contribution in [0, 0.1) is 11.7 Å². The first-order valence-electron chi connectivity index (χ1n) is 9.35. The Labute approximate surface area is 152 Å². The zero-order chi connectivity index (χ0) is 18.3. The first-order chi connectivity index (χ1) is 12.5. The van der Waals surface area contributed by atoms with Gasteiger partial charge in [0.15, 0.2) is 5.82 Å². The summed E-state index contributed by atoms with van der Waals surface area (Å²) in [5.41, 5.74) is 0.243. The summed E-state index contributed by atoms with van der Waals surface area (Å²) in [6.45, 7) is 5.35. The highest BCUT2D eigenvalue weighted by atomic mass is 19.1. The third-order valence-electron chi connectivity index (χ3n) is 5.90. The lowest BCUT2D eigenvalue weighted by atomic mass is 9.80. The SMILES string of the molecule is CC(C)c1nc([C@@]23CCC[C@@H]2CN(C(=O)Cc2ccccc2F)C3)no1. The van der Waals surface area contributed by atoms with E-state index in [4.69, 9.17) is 4.52 Å². The van der Waals surface area contributed by atoms with Gasteiger partial charge >= 0.3 is 0 Å². The van der Waals surface area contributed by atoms with Gasteiger partial charge in [-0.25, -0.2) is 4.39 Å². The van der Waals surface area contributed by atoms with Gasteiger partial charge in [0.05, 0.1) is 11.8 Å². The summed E-state index contributed by atoms with van der Waals surface area (Å²) < 4.78 is 19.3. The molecule has 1 saturated heterocycles. The molecule has 1 aliphatic heterocycles. The Kier molecular flexibility index (Phi) is 4.29. The lowest BCUT2D eigenvalue weighted by Crippen LogP contribution is -2.36. The minimum absolute atomic E-state index is 0.0311. The second-order valence-electron chi connectivity index (χ2n) is 7.90. The van der Waals surface area contributed by atoms with Crippen molar-refractivity contribution in [3.63, 3.8) is 0 Å². The van der Waals surface area contributed by atoms with Crippen LogP contribution in [-0.2, 0) is 16.6 Å². The van der Waals surface area contributed by atoms with E-state index in [2.05, 4.69) is 10.1 Å². The van der Waals surface area contributed by atoms with Crippen molar-refractivity contribution in [2.45, 2.75) is 50.9 Å². The number of carbonyl (C=O) groups excluding carboxylic acids is 1. The van der Waals surface area contributed by atoms with Crippen molar-refractivity contribution in [1.82, 2.24) is 15.0 Å². The van der Waals surface area contributed by atoms with Crippen molar-refractivity contribution in [1.29, 1.82) is 0 Å². The molecule has 138 valence electrons. The number of amides is 1. The second kappa shape index (κ2) is 6.49. The number of nitrogens with zero attached hydrogens (tertiary/aromatic N) is 3. The molecule has 0 unspecified atom stereocenters. The van der Waals surface area contributed by atoms with Crippen LogP contribution in [0.15, 0.2) is 28.8 Å². The molecule has 1 aromatic carbocycles. The van der Waals surface area contributed by atoms with E-state index in [9.17, 15) is 9.18 Å². The summed E-state index contributed by atoms with van der Waals surface area (Å²) in [6.07, 6.45) is 3.25. The maximum absolute atomic E-state index is 13.9. The summed E-state index contributed by atoms with van der Waals surface area (Å²) in [6, 6.07) is 6.48. The Bertz CT molecular complexity index is 819. The Morgan fingerprint density at radius 2 is 2.23 bits per heavy atom. The van der Waals surface area contributed by atoms with Gasteiger partial charge in [-0.15, -0.1) is 0 Å². The number of rotatable bonds is 4. The van der Waals surface area contributed by atoms with E-state index in [1.54, 1.807) is 18.2 Å². The molecule has 2 heterocycles. The lowest BCUT2D eigenvalue weighted by Gasteiger charge is -2.24. The van der Waals surface area contributed by atoms with E-state index in [1.807, 2.05) is 18.7 Å². The van der Waals surface area contributed by atoms with Crippen LogP contribution in [0.25, 0.3) is 0 Å². The number of halogens is 1. The molecule has 0 radical (unpaired) electrons. The second-order valence-corrected chi connectivity index (χ2v) is 7.90. The van der Waals surface area contributed by atoms with Gasteiger partial charge in [0.1, 0.15) is 5.82 Å². The number of benzene rings is 1. The van der Waals surface area contributed by atoms with Gasteiger partial charge in [-0.05, 0) is 30.4 Å². The average Bonchev–Trinajstić information content (AvgIpc) is 3.30. The number of likely N-dealkylation sites (tertiary alicyclic amines) is 1. The molecule has 2 aromatic rings. The number of carbonyl (C=O) groups is 1. The van der Waals surface area contributed by atoms with Crippen LogP contribution in [0.3, 0.4) is 0 Å². The molecule has 1 saturated carbocycles. The zero-order valence-electron chi connectivity index (χ0n) is 15.2. The smallest absolute Gasteiger partial charge is 0.229 e. The predicted molar refractivity (Wildman–Crippen MR) is 94.1 cm³/mol. The van der Waals surface area contributed by atoms with Crippen LogP contribution < -0.4 is 0 Å². The van der Waals surface area contributed by atoms with E-state index in [0.717, 1.165) is 25.1 Å². The fraction of sp³-hybridized carbons (Fsp3) is 0.550. The van der Waals surface area contributed by atoms with E-state index >= 15 is 0 Å². The molecule has 5 nitrogen and oxygen atoms in total. The number of aromatic nitrogens is 2. The standard InChI is InChI=1S/C20H24FN3O2/c1-13(2)18-22-19(23-26-18)20-9-5-7-15(20)11-24(12-20)17(25)10-14-6-3-4-8-16(14)21/h3-4,6,8,13,15H,5,7,9-12H2,1-2H3/t15-,20-/m1/s1. The fourth-order valence-corrected chi connectivity index (χ4v) is 4.43. The van der Waals surface area contributed by atoms with Crippen LogP contribution in [0.1, 0.15) is 56.3 Å². The minimum atomic E-state index is -0.324. The molecule has 2 fully saturated rings. The van der Waals surface area contributed by atoms with E-state index in [-0.39, 0.29) is 29.5 Å². The maximum atomic E-state index is 13.9. The average molecular weight is 357 g/mol. The minimum Gasteiger partial charge on any atom is -0.341 e. The molecule has 6 heteroatoms. The Morgan fingerprint density at radius 3 is 2.96 bits per heavy atom. The van der Waals surface area contributed by atoms with Crippen LogP contribution in [0.5, 0.6) is 0 Å². The highest BCUT2D eigenvalue weighted by Crippen LogP contribution is 2.49. The number of hydrogen-bond donors (Lipinski definition) is 0. The molecule has 26 heavy (non-hydrogen) atoms. The number of hydrogen-bond acceptors (Lipinski definition) is 4. The maximum Gasteiger partial charge on any atom is 0.229 e. The topological polar surface area (TPSA) is 59.2 Å². The molecule has 2 atom stereocenters. The molecule has 2 aliphatic rings. The first kappa shape index (κ1) is 17.2. The van der Waals surface area contributed by atoms with E-state index < -0.39 is 0 Å². The summed E-state index contributed by atoms with van der Waals surface area (Å²) >= 11 is 0. The summed E-state index contributed by atoms with van der Waals surface area (Å²) in [4.78, 5) is 19.3. The van der Waals surface area contributed by atoms with Gasteiger partial charge in [0.2, 0.25) is 11.8 Å². The molecule has 4 rings (SSSR count). The lowest BCUT2D eigenvalue weighted by molar-refractivity contribution is -0.129. The first-order valence-corrected chi connectivity index (χ1v) is 9.35. The zero-order valence-corrected chi connectivity index (χ0v) is 15.2. The van der Waals surface area contributed by atoms with Crippen LogP contribution >= 0.6 is 0 Å².